The van der Waals surface area contributed by atoms with Gasteiger partial charge in [-0.2, -0.15) is 3.89 Å². The van der Waals surface area contributed by atoms with Crippen LogP contribution in [0.15, 0.2) is 24.4 Å². The van der Waals surface area contributed by atoms with Crippen molar-refractivity contribution < 1.29 is 51.5 Å². The third-order valence-corrected chi connectivity index (χ3v) is 12.7. The molecule has 13 atom stereocenters. The number of nitrogens with two attached hydrogens (primary N) is 1. The summed E-state index contributed by atoms with van der Waals surface area (Å²) in [7, 11) is 5.20. The smallest absolute Gasteiger partial charge is 0.410 e. The molecule has 4 N–H and O–H groups in total. The number of likely N-dealkylation sites (N-methyl/N-ethyl adjacent to an activating group) is 1. The lowest BCUT2D eigenvalue weighted by molar-refractivity contribution is -0.295. The van der Waals surface area contributed by atoms with Crippen LogP contribution in [0.4, 0.5) is 18.9 Å². The highest BCUT2D eigenvalue weighted by molar-refractivity contribution is 7.93. The van der Waals surface area contributed by atoms with E-state index in [4.69, 9.17) is 29.4 Å². The number of ether oxygens (including phenoxy) is 5. The molecular formula is C43H70F2N8O9S. The predicted molar refractivity (Wildman–Crippen MR) is 235 cm³/mol. The number of rotatable bonds is 11. The van der Waals surface area contributed by atoms with Gasteiger partial charge < -0.3 is 44.7 Å². The van der Waals surface area contributed by atoms with E-state index < -0.39 is 77.3 Å². The Hall–Kier alpha value is -3.53. The quantitative estimate of drug-likeness (QED) is 0.154. The van der Waals surface area contributed by atoms with Crippen molar-refractivity contribution in [3.05, 3.63) is 24.4 Å². The van der Waals surface area contributed by atoms with Crippen molar-refractivity contribution in [2.45, 2.75) is 160 Å². The minimum Gasteiger partial charge on any atom is -0.455 e. The fraction of sp³-hybridized carbons (Fsp3) is 0.767. The number of hydrogen-bond donors (Lipinski definition) is 3. The van der Waals surface area contributed by atoms with Gasteiger partial charge in [0.1, 0.15) is 23.7 Å². The lowest BCUT2D eigenvalue weighted by Crippen LogP contribution is -2.61. The molecule has 2 aromatic rings. The van der Waals surface area contributed by atoms with Crippen LogP contribution < -0.4 is 11.1 Å². The number of aryl methyl sites for hydroxylation is 1. The Balaban J connectivity index is 0.00000282. The van der Waals surface area contributed by atoms with Crippen molar-refractivity contribution in [3.8, 4) is 11.4 Å². The van der Waals surface area contributed by atoms with Gasteiger partial charge in [0, 0.05) is 56.6 Å². The molecule has 3 aliphatic heterocycles. The maximum absolute atomic E-state index is 17.0. The summed E-state index contributed by atoms with van der Waals surface area (Å²) in [6, 6.07) is 3.92. The number of unbranched alkanes of at least 4 members (excludes halogenated alkanes) is 1. The molecule has 0 spiro atoms. The van der Waals surface area contributed by atoms with E-state index in [1.165, 1.54) is 20.3 Å². The molecule has 356 valence electrons. The molecule has 3 aliphatic rings. The first-order valence-electron chi connectivity index (χ1n) is 21.7. The van der Waals surface area contributed by atoms with Gasteiger partial charge in [-0.15, -0.1) is 5.10 Å². The monoisotopic (exact) mass is 912 g/mol. The number of cyclic esters (lactones) is 1. The Morgan fingerprint density at radius 3 is 2.38 bits per heavy atom. The number of halogens is 2. The summed E-state index contributed by atoms with van der Waals surface area (Å²) in [5.74, 6) is -3.49. The van der Waals surface area contributed by atoms with Crippen molar-refractivity contribution in [2.24, 2.45) is 11.8 Å². The number of fused-ring (bicyclic) bond motifs is 1. The van der Waals surface area contributed by atoms with Gasteiger partial charge in [-0.3, -0.25) is 14.4 Å². The van der Waals surface area contributed by atoms with Gasteiger partial charge in [0.05, 0.1) is 35.7 Å². The van der Waals surface area contributed by atoms with E-state index in [1.54, 1.807) is 54.7 Å². The molecule has 0 aliphatic carbocycles. The Kier molecular flexibility index (Phi) is 18.3. The topological polar surface area (TPSA) is 206 Å². The number of aromatic nitrogens is 4. The molecule has 63 heavy (non-hydrogen) atoms. The van der Waals surface area contributed by atoms with Crippen molar-refractivity contribution in [3.63, 3.8) is 0 Å². The fourth-order valence-electron chi connectivity index (χ4n) is 9.34. The van der Waals surface area contributed by atoms with Crippen LogP contribution in [0.1, 0.15) is 87.5 Å². The number of aliphatic hydroxyl groups is 1. The zero-order chi connectivity index (χ0) is 47.0. The third kappa shape index (κ3) is 12.0. The van der Waals surface area contributed by atoms with Crippen molar-refractivity contribution >= 4 is 35.8 Å². The van der Waals surface area contributed by atoms with Gasteiger partial charge in [-0.1, -0.05) is 32.1 Å². The highest BCUT2D eigenvalue weighted by Crippen LogP contribution is 2.41. The maximum Gasteiger partial charge on any atom is 0.410 e. The normalized spacial score (nSPS) is 35.8. The molecule has 3 fully saturated rings. The average Bonchev–Trinajstić information content (AvgIpc) is 3.81. The molecule has 2 aromatic heterocycles. The van der Waals surface area contributed by atoms with Crippen LogP contribution in [0.3, 0.4) is 0 Å². The molecular weight excluding hydrogens is 843 g/mol. The first-order valence-corrected chi connectivity index (χ1v) is 22.9. The predicted octanol–water partition coefficient (Wildman–Crippen LogP) is 5.01. The Morgan fingerprint density at radius 1 is 1.10 bits per heavy atom. The average molecular weight is 913 g/mol. The summed E-state index contributed by atoms with van der Waals surface area (Å²) >= 11 is 0.250. The lowest BCUT2D eigenvalue weighted by atomic mass is 9.78. The molecule has 0 bridgehead atoms. The molecule has 3 saturated heterocycles. The van der Waals surface area contributed by atoms with Gasteiger partial charge >= 0.3 is 12.1 Å². The van der Waals surface area contributed by atoms with E-state index in [0.717, 1.165) is 6.92 Å². The molecule has 5 rings (SSSR count). The van der Waals surface area contributed by atoms with Crippen molar-refractivity contribution in [2.75, 3.05) is 46.3 Å². The fourth-order valence-corrected chi connectivity index (χ4v) is 9.34. The SMILES string of the molecule is CC[C@H]1OC(=O)C(C)(F)C(=O)[C@@H](C)[C@@H](O[C@@H]2OC(C)CC(N(C)C)C2O)[C@](C)(OC)C[C@@H](C)CN[C@H](C)[C@H]2N(CCCCn3cc(-c4cccc(N)n4)nn3)C(=O)O[C@]12C.CSF. The minimum absolute atomic E-state index is 0.119. The van der Waals surface area contributed by atoms with E-state index >= 15 is 4.39 Å². The highest BCUT2D eigenvalue weighted by atomic mass is 32.2. The number of esters is 1. The second kappa shape index (κ2) is 22.1. The zero-order valence-corrected chi connectivity index (χ0v) is 39.7. The van der Waals surface area contributed by atoms with Crippen LogP contribution in [0.5, 0.6) is 0 Å². The number of alkyl halides is 1. The maximum atomic E-state index is 17.0. The summed E-state index contributed by atoms with van der Waals surface area (Å²) < 4.78 is 59.7. The number of nitrogen functional groups attached to an aromatic ring is 1. The highest BCUT2D eigenvalue weighted by Gasteiger charge is 2.60. The molecule has 0 aromatic carbocycles. The van der Waals surface area contributed by atoms with Gasteiger partial charge in [0.15, 0.2) is 17.7 Å². The van der Waals surface area contributed by atoms with Gasteiger partial charge in [-0.25, -0.2) is 19.0 Å². The number of Topliss-reactive ketones (excluding diaryl/α,β-unsaturated/α-hetero) is 1. The van der Waals surface area contributed by atoms with E-state index in [9.17, 15) is 23.4 Å². The van der Waals surface area contributed by atoms with Crippen LogP contribution in [-0.4, -0.2) is 159 Å². The summed E-state index contributed by atoms with van der Waals surface area (Å²) in [5, 5.41) is 23.5. The third-order valence-electron chi connectivity index (χ3n) is 12.7. The van der Waals surface area contributed by atoms with Crippen LogP contribution in [0, 0.1) is 11.8 Å². The van der Waals surface area contributed by atoms with E-state index in [2.05, 4.69) is 20.6 Å². The summed E-state index contributed by atoms with van der Waals surface area (Å²) in [6.45, 7) is 14.7. The number of carbonyl (C=O) groups excluding carboxylic acids is 3. The number of pyridine rings is 1. The van der Waals surface area contributed by atoms with Crippen LogP contribution in [0.2, 0.25) is 0 Å². The largest absolute Gasteiger partial charge is 0.455 e. The molecule has 5 heterocycles. The first-order chi connectivity index (χ1) is 29.6. The van der Waals surface area contributed by atoms with Gasteiger partial charge in [-0.05, 0) is 105 Å². The molecule has 17 nitrogen and oxygen atoms in total. The Morgan fingerprint density at radius 2 is 1.76 bits per heavy atom. The number of aliphatic hydroxyl groups excluding tert-OH is 1. The summed E-state index contributed by atoms with van der Waals surface area (Å²) in [4.78, 5) is 49.9. The van der Waals surface area contributed by atoms with Crippen molar-refractivity contribution in [1.29, 1.82) is 0 Å². The van der Waals surface area contributed by atoms with Crippen LogP contribution in [-0.2, 0) is 39.8 Å². The first kappa shape index (κ1) is 52.1. The number of methoxy groups -OCH3 is 1. The van der Waals surface area contributed by atoms with E-state index in [1.807, 2.05) is 39.8 Å². The standard InChI is InChI=1S/C42H67FN8O9.CH3FS/c1-12-31-42(8)34(51(39(55)60-42)19-14-13-18-50-23-29(47-48-50)28-16-15-17-32(44)46-28)27(5)45-22-24(2)21-40(6,56-11)36(26(4)35(53)41(7,43)38(54)58-31)59-37-33(52)30(49(9)10)20-25(3)57-37;1-3-2/h15-17,23-27,30-31,33-34,36-37,45,52H,12-14,18-22H2,1-11H3,(H2,44,46);1H3/t24-,25?,26-,27-,30?,31-,33?,34-,36-,37+,40-,41?,42-;/m1./s1. The number of carbonyl (C=O) groups is 3. The Bertz CT molecular complexity index is 1830. The number of anilines is 1. The number of amides is 1. The summed E-state index contributed by atoms with van der Waals surface area (Å²) in [6.07, 6.45) is -0.0205. The number of nitrogens with one attached hydrogen (secondary N) is 1. The summed E-state index contributed by atoms with van der Waals surface area (Å²) in [5.41, 5.74) is 1.25. The van der Waals surface area contributed by atoms with Gasteiger partial charge in [0.25, 0.3) is 5.67 Å². The van der Waals surface area contributed by atoms with Crippen molar-refractivity contribution in [1.82, 2.24) is 35.1 Å². The second-order valence-corrected chi connectivity index (χ2v) is 18.3. The number of hydrogen-bond acceptors (Lipinski definition) is 16. The van der Waals surface area contributed by atoms with E-state index in [0.29, 0.717) is 62.5 Å². The molecule has 4 unspecified atom stereocenters. The van der Waals surface area contributed by atoms with E-state index in [-0.39, 0.29) is 36.6 Å². The van der Waals surface area contributed by atoms with Gasteiger partial charge in [0.2, 0.25) is 0 Å². The molecule has 0 radical (unpaired) electrons. The molecule has 0 saturated carbocycles. The minimum atomic E-state index is -3.14. The second-order valence-electron chi connectivity index (χ2n) is 18.0. The van der Waals surface area contributed by atoms with Crippen LogP contribution >= 0.6 is 12.1 Å². The van der Waals surface area contributed by atoms with Crippen LogP contribution in [0.25, 0.3) is 11.4 Å². The zero-order valence-electron chi connectivity index (χ0n) is 38.9. The molecule has 20 heteroatoms. The molecule has 1 amide bonds. The number of nitrogens with zero attached hydrogens (tertiary/aromatic N) is 6. The lowest BCUT2D eigenvalue weighted by Gasteiger charge is -2.47. The Labute approximate surface area is 375 Å². The number of ketones is 1.